The maximum Gasteiger partial charge on any atom is 0.338 e. The second-order valence-electron chi connectivity index (χ2n) is 6.05. The number of esters is 1. The fraction of sp³-hybridized carbons (Fsp3) is 0.222. The molecule has 7 heteroatoms. The molecule has 0 saturated carbocycles. The number of carbonyl (C=O) groups is 1. The zero-order valence-electron chi connectivity index (χ0n) is 14.0. The van der Waals surface area contributed by atoms with Crippen molar-refractivity contribution in [3.8, 4) is 0 Å². The van der Waals surface area contributed by atoms with Crippen molar-refractivity contribution >= 4 is 21.5 Å². The average molecular weight is 358 g/mol. The summed E-state index contributed by atoms with van der Waals surface area (Å²) in [6, 6.07) is 10.2. The van der Waals surface area contributed by atoms with Gasteiger partial charge in [0.1, 0.15) is 12.3 Å². The maximum atomic E-state index is 12.1. The van der Waals surface area contributed by atoms with Gasteiger partial charge < -0.3 is 9.14 Å². The molecule has 0 aliphatic rings. The van der Waals surface area contributed by atoms with Crippen LogP contribution in [0.15, 0.2) is 48.8 Å². The highest BCUT2D eigenvalue weighted by Crippen LogP contribution is 2.12. The van der Waals surface area contributed by atoms with E-state index in [9.17, 15) is 13.2 Å². The van der Waals surface area contributed by atoms with Crippen LogP contribution in [-0.4, -0.2) is 30.0 Å². The van der Waals surface area contributed by atoms with Crippen molar-refractivity contribution in [3.63, 3.8) is 0 Å². The molecular formula is C18H18N2O4S. The molecule has 3 aromatic rings. The number of fused-ring (bicyclic) bond motifs is 1. The number of rotatable bonds is 5. The minimum absolute atomic E-state index is 0.0526. The van der Waals surface area contributed by atoms with Crippen molar-refractivity contribution < 1.29 is 17.9 Å². The lowest BCUT2D eigenvalue weighted by Crippen LogP contribution is -2.06. The molecule has 0 radical (unpaired) electrons. The summed E-state index contributed by atoms with van der Waals surface area (Å²) < 4.78 is 29.7. The molecule has 25 heavy (non-hydrogen) atoms. The van der Waals surface area contributed by atoms with E-state index >= 15 is 0 Å². The zero-order chi connectivity index (χ0) is 18.0. The third kappa shape index (κ3) is 4.45. The van der Waals surface area contributed by atoms with Crippen LogP contribution >= 0.6 is 0 Å². The molecule has 0 aliphatic carbocycles. The lowest BCUT2D eigenvalue weighted by atomic mass is 10.1. The van der Waals surface area contributed by atoms with Crippen molar-refractivity contribution in [1.29, 1.82) is 0 Å². The van der Waals surface area contributed by atoms with Crippen LogP contribution in [0.2, 0.25) is 0 Å². The van der Waals surface area contributed by atoms with Crippen molar-refractivity contribution in [1.82, 2.24) is 9.38 Å². The highest BCUT2D eigenvalue weighted by atomic mass is 32.2. The quantitative estimate of drug-likeness (QED) is 0.655. The van der Waals surface area contributed by atoms with E-state index in [4.69, 9.17) is 4.74 Å². The number of ether oxygens (including phenoxy) is 1. The van der Waals surface area contributed by atoms with E-state index in [1.54, 1.807) is 24.3 Å². The molecule has 0 bridgehead atoms. The van der Waals surface area contributed by atoms with Crippen molar-refractivity contribution in [3.05, 3.63) is 71.2 Å². The molecule has 0 aliphatic heterocycles. The highest BCUT2D eigenvalue weighted by Gasteiger charge is 2.11. The predicted molar refractivity (Wildman–Crippen MR) is 94.0 cm³/mol. The smallest absolute Gasteiger partial charge is 0.338 e. The third-order valence-electron chi connectivity index (χ3n) is 3.62. The number of hydrogen-bond acceptors (Lipinski definition) is 5. The largest absolute Gasteiger partial charge is 0.456 e. The molecule has 0 atom stereocenters. The predicted octanol–water partition coefficient (Wildman–Crippen LogP) is 2.54. The number of nitrogens with zero attached hydrogens (tertiary/aromatic N) is 2. The molecular weight excluding hydrogens is 340 g/mol. The van der Waals surface area contributed by atoms with Crippen LogP contribution in [0.5, 0.6) is 0 Å². The minimum atomic E-state index is -3.10. The van der Waals surface area contributed by atoms with Crippen molar-refractivity contribution in [2.45, 2.75) is 19.3 Å². The van der Waals surface area contributed by atoms with Gasteiger partial charge in [-0.2, -0.15) is 0 Å². The third-order valence-corrected chi connectivity index (χ3v) is 4.48. The number of imidazole rings is 1. The zero-order valence-corrected chi connectivity index (χ0v) is 14.8. The molecule has 2 aromatic heterocycles. The molecule has 0 fully saturated rings. The van der Waals surface area contributed by atoms with Gasteiger partial charge in [0.2, 0.25) is 0 Å². The van der Waals surface area contributed by atoms with Gasteiger partial charge in [-0.05, 0) is 36.2 Å². The maximum absolute atomic E-state index is 12.1. The van der Waals surface area contributed by atoms with Crippen molar-refractivity contribution in [2.75, 3.05) is 6.26 Å². The summed E-state index contributed by atoms with van der Waals surface area (Å²) in [6.45, 7) is 2.07. The Labute approximate surface area is 146 Å². The molecule has 0 spiro atoms. The van der Waals surface area contributed by atoms with E-state index in [1.807, 2.05) is 35.9 Å². The number of carbonyl (C=O) groups excluding carboxylic acids is 1. The van der Waals surface area contributed by atoms with E-state index in [-0.39, 0.29) is 12.4 Å². The first-order chi connectivity index (χ1) is 11.8. The van der Waals surface area contributed by atoms with Gasteiger partial charge in [-0.15, -0.1) is 0 Å². The number of aromatic nitrogens is 2. The van der Waals surface area contributed by atoms with Gasteiger partial charge in [-0.1, -0.05) is 18.2 Å². The summed E-state index contributed by atoms with van der Waals surface area (Å²) in [5, 5.41) is 0. The number of benzene rings is 1. The summed E-state index contributed by atoms with van der Waals surface area (Å²) in [5.41, 5.74) is 3.57. The van der Waals surface area contributed by atoms with E-state index < -0.39 is 15.8 Å². The number of aryl methyl sites for hydroxylation is 1. The molecule has 0 unspecified atom stereocenters. The topological polar surface area (TPSA) is 77.7 Å². The van der Waals surface area contributed by atoms with Crippen LogP contribution in [-0.2, 0) is 26.9 Å². The number of sulfone groups is 1. The van der Waals surface area contributed by atoms with Crippen LogP contribution in [0, 0.1) is 6.92 Å². The molecule has 1 aromatic carbocycles. The Balaban J connectivity index is 1.65. The Morgan fingerprint density at radius 3 is 2.52 bits per heavy atom. The lowest BCUT2D eigenvalue weighted by Gasteiger charge is -2.04. The van der Waals surface area contributed by atoms with Gasteiger partial charge in [0.15, 0.2) is 9.84 Å². The van der Waals surface area contributed by atoms with E-state index in [1.165, 1.54) is 6.26 Å². The van der Waals surface area contributed by atoms with Crippen LogP contribution in [0.4, 0.5) is 0 Å². The standard InChI is InChI=1S/C18H18N2O4S/c1-13-3-8-17-19-16(10-20(17)9-13)11-24-18(21)15-6-4-14(5-7-15)12-25(2,22)23/h3-10H,11-12H2,1-2H3. The summed E-state index contributed by atoms with van der Waals surface area (Å²) in [5.74, 6) is -0.526. The monoisotopic (exact) mass is 358 g/mol. The summed E-state index contributed by atoms with van der Waals surface area (Å²) in [6.07, 6.45) is 4.95. The molecule has 3 rings (SSSR count). The fourth-order valence-electron chi connectivity index (χ4n) is 2.49. The Morgan fingerprint density at radius 2 is 1.84 bits per heavy atom. The minimum Gasteiger partial charge on any atom is -0.456 e. The molecule has 0 amide bonds. The first kappa shape index (κ1) is 17.2. The second-order valence-corrected chi connectivity index (χ2v) is 8.19. The van der Waals surface area contributed by atoms with Crippen LogP contribution < -0.4 is 0 Å². The molecule has 6 nitrogen and oxygen atoms in total. The van der Waals surface area contributed by atoms with Gasteiger partial charge >= 0.3 is 5.97 Å². The molecule has 0 saturated heterocycles. The molecule has 130 valence electrons. The summed E-state index contributed by atoms with van der Waals surface area (Å²) >= 11 is 0. The van der Waals surface area contributed by atoms with Gasteiger partial charge in [0.25, 0.3) is 0 Å². The second kappa shape index (κ2) is 6.68. The highest BCUT2D eigenvalue weighted by molar-refractivity contribution is 7.89. The Morgan fingerprint density at radius 1 is 1.12 bits per heavy atom. The number of hydrogen-bond donors (Lipinski definition) is 0. The van der Waals surface area contributed by atoms with E-state index in [0.717, 1.165) is 11.2 Å². The summed E-state index contributed by atoms with van der Waals surface area (Å²) in [4.78, 5) is 16.5. The van der Waals surface area contributed by atoms with Crippen LogP contribution in [0.25, 0.3) is 5.65 Å². The van der Waals surface area contributed by atoms with Gasteiger partial charge in [0.05, 0.1) is 17.0 Å². The van der Waals surface area contributed by atoms with Gasteiger partial charge in [-0.3, -0.25) is 0 Å². The van der Waals surface area contributed by atoms with Crippen molar-refractivity contribution in [2.24, 2.45) is 0 Å². The summed E-state index contributed by atoms with van der Waals surface area (Å²) in [7, 11) is -3.10. The Bertz CT molecular complexity index is 1020. The van der Waals surface area contributed by atoms with Gasteiger partial charge in [0, 0.05) is 18.6 Å². The first-order valence-corrected chi connectivity index (χ1v) is 9.74. The Hall–Kier alpha value is -2.67. The first-order valence-electron chi connectivity index (χ1n) is 7.68. The molecule has 2 heterocycles. The Kier molecular flexibility index (Phi) is 4.59. The van der Waals surface area contributed by atoms with Gasteiger partial charge in [-0.25, -0.2) is 18.2 Å². The molecule has 0 N–H and O–H groups in total. The van der Waals surface area contributed by atoms with Crippen LogP contribution in [0.3, 0.4) is 0 Å². The van der Waals surface area contributed by atoms with Crippen LogP contribution in [0.1, 0.15) is 27.2 Å². The normalized spacial score (nSPS) is 11.6. The SMILES string of the molecule is Cc1ccc2nc(COC(=O)c3ccc(CS(C)(=O)=O)cc3)cn2c1. The fourth-order valence-corrected chi connectivity index (χ4v) is 3.29. The average Bonchev–Trinajstić information content (AvgIpc) is 2.93. The van der Waals surface area contributed by atoms with E-state index in [2.05, 4.69) is 4.98 Å². The lowest BCUT2D eigenvalue weighted by molar-refractivity contribution is 0.0468. The number of pyridine rings is 1. The van der Waals surface area contributed by atoms with E-state index in [0.29, 0.717) is 16.8 Å².